The first kappa shape index (κ1) is 18.9. The maximum atomic E-state index is 11.8. The van der Waals surface area contributed by atoms with Crippen LogP contribution in [0.3, 0.4) is 0 Å². The summed E-state index contributed by atoms with van der Waals surface area (Å²) in [6.45, 7) is 9.11. The van der Waals surface area contributed by atoms with E-state index in [9.17, 15) is 9.59 Å². The Bertz CT molecular complexity index is 311. The molecule has 0 saturated carbocycles. The highest BCUT2D eigenvalue weighted by molar-refractivity contribution is 5.77. The van der Waals surface area contributed by atoms with Crippen molar-refractivity contribution < 1.29 is 14.7 Å². The second-order valence-electron chi connectivity index (χ2n) is 6.43. The maximum Gasteiger partial charge on any atom is 0.308 e. The largest absolute Gasteiger partial charge is 0.481 e. The fourth-order valence-electron chi connectivity index (χ4n) is 2.25. The molecule has 2 unspecified atom stereocenters. The highest BCUT2D eigenvalue weighted by atomic mass is 16.4. The van der Waals surface area contributed by atoms with Gasteiger partial charge in [0, 0.05) is 13.0 Å². The van der Waals surface area contributed by atoms with Crippen LogP contribution in [0.15, 0.2) is 0 Å². The van der Waals surface area contributed by atoms with E-state index in [2.05, 4.69) is 26.1 Å². The first-order valence-electron chi connectivity index (χ1n) is 7.41. The molecule has 0 aromatic carbocycles. The monoisotopic (exact) mass is 286 g/mol. The van der Waals surface area contributed by atoms with Crippen molar-refractivity contribution in [3.63, 3.8) is 0 Å². The van der Waals surface area contributed by atoms with Crippen LogP contribution in [-0.2, 0) is 9.59 Å². The number of rotatable bonds is 9. The van der Waals surface area contributed by atoms with Gasteiger partial charge in [-0.15, -0.1) is 0 Å². The molecule has 0 saturated heterocycles. The molecule has 5 heteroatoms. The molecule has 1 amide bonds. The van der Waals surface area contributed by atoms with Gasteiger partial charge in [0.1, 0.15) is 0 Å². The van der Waals surface area contributed by atoms with E-state index in [0.717, 1.165) is 12.8 Å². The van der Waals surface area contributed by atoms with Crippen LogP contribution in [0, 0.1) is 17.3 Å². The van der Waals surface area contributed by atoms with Gasteiger partial charge >= 0.3 is 5.97 Å². The van der Waals surface area contributed by atoms with E-state index in [4.69, 9.17) is 10.8 Å². The van der Waals surface area contributed by atoms with E-state index in [1.165, 1.54) is 0 Å². The van der Waals surface area contributed by atoms with E-state index in [0.29, 0.717) is 25.3 Å². The predicted molar refractivity (Wildman–Crippen MR) is 80.3 cm³/mol. The van der Waals surface area contributed by atoms with Crippen molar-refractivity contribution in [3.8, 4) is 0 Å². The average Bonchev–Trinajstić information content (AvgIpc) is 2.33. The van der Waals surface area contributed by atoms with E-state index in [1.807, 2.05) is 6.92 Å². The summed E-state index contributed by atoms with van der Waals surface area (Å²) in [6, 6.07) is 0. The highest BCUT2D eigenvalue weighted by Gasteiger charge is 2.24. The van der Waals surface area contributed by atoms with Gasteiger partial charge < -0.3 is 16.2 Å². The van der Waals surface area contributed by atoms with Crippen LogP contribution >= 0.6 is 0 Å². The predicted octanol–water partition coefficient (Wildman–Crippen LogP) is 2.00. The lowest BCUT2D eigenvalue weighted by Gasteiger charge is -2.30. The summed E-state index contributed by atoms with van der Waals surface area (Å²) >= 11 is 0. The quantitative estimate of drug-likeness (QED) is 0.604. The summed E-state index contributed by atoms with van der Waals surface area (Å²) in [5.41, 5.74) is 5.75. The minimum atomic E-state index is -0.858. The summed E-state index contributed by atoms with van der Waals surface area (Å²) in [5, 5.41) is 11.6. The number of hydrogen-bond acceptors (Lipinski definition) is 3. The topological polar surface area (TPSA) is 92.4 Å². The number of carboxylic acids is 1. The third-order valence-electron chi connectivity index (χ3n) is 3.85. The maximum absolute atomic E-state index is 11.8. The molecule has 0 aromatic rings. The molecule has 20 heavy (non-hydrogen) atoms. The molecule has 0 fully saturated rings. The number of nitrogens with one attached hydrogen (secondary N) is 1. The van der Waals surface area contributed by atoms with Crippen molar-refractivity contribution in [3.05, 3.63) is 0 Å². The summed E-state index contributed by atoms with van der Waals surface area (Å²) < 4.78 is 0. The zero-order chi connectivity index (χ0) is 15.8. The van der Waals surface area contributed by atoms with Crippen molar-refractivity contribution in [2.75, 3.05) is 13.1 Å². The van der Waals surface area contributed by atoms with Gasteiger partial charge in [-0.05, 0) is 37.1 Å². The van der Waals surface area contributed by atoms with Gasteiger partial charge in [-0.3, -0.25) is 9.59 Å². The molecule has 0 aliphatic heterocycles. The number of carbonyl (C=O) groups is 2. The van der Waals surface area contributed by atoms with Gasteiger partial charge in [-0.2, -0.15) is 0 Å². The van der Waals surface area contributed by atoms with Crippen LogP contribution in [0.4, 0.5) is 0 Å². The molecule has 0 spiro atoms. The fourth-order valence-corrected chi connectivity index (χ4v) is 2.25. The Morgan fingerprint density at radius 3 is 2.25 bits per heavy atom. The van der Waals surface area contributed by atoms with Crippen molar-refractivity contribution in [2.24, 2.45) is 23.0 Å². The Morgan fingerprint density at radius 2 is 1.85 bits per heavy atom. The van der Waals surface area contributed by atoms with Gasteiger partial charge in [0.25, 0.3) is 0 Å². The number of nitrogens with two attached hydrogens (primary N) is 1. The van der Waals surface area contributed by atoms with Crippen LogP contribution in [0.2, 0.25) is 0 Å². The zero-order valence-electron chi connectivity index (χ0n) is 13.2. The van der Waals surface area contributed by atoms with Gasteiger partial charge in [0.15, 0.2) is 0 Å². The number of carbonyl (C=O) groups excluding carboxylic acids is 1. The molecule has 4 N–H and O–H groups in total. The summed E-state index contributed by atoms with van der Waals surface area (Å²) in [6.07, 6.45) is 2.64. The van der Waals surface area contributed by atoms with Crippen LogP contribution in [0.5, 0.6) is 0 Å². The van der Waals surface area contributed by atoms with Gasteiger partial charge in [-0.1, -0.05) is 27.7 Å². The zero-order valence-corrected chi connectivity index (χ0v) is 13.2. The molecule has 0 radical (unpaired) electrons. The van der Waals surface area contributed by atoms with E-state index < -0.39 is 11.9 Å². The van der Waals surface area contributed by atoms with Crippen LogP contribution in [0.1, 0.15) is 53.4 Å². The van der Waals surface area contributed by atoms with E-state index in [1.54, 1.807) is 0 Å². The minimum absolute atomic E-state index is 0.0732. The molecular weight excluding hydrogens is 256 g/mol. The lowest BCUT2D eigenvalue weighted by atomic mass is 9.76. The molecule has 0 aliphatic carbocycles. The smallest absolute Gasteiger partial charge is 0.308 e. The fraction of sp³-hybridized carbons (Fsp3) is 0.867. The van der Waals surface area contributed by atoms with Crippen LogP contribution in [0.25, 0.3) is 0 Å². The number of aliphatic carboxylic acids is 1. The first-order valence-corrected chi connectivity index (χ1v) is 7.41. The summed E-state index contributed by atoms with van der Waals surface area (Å²) in [5.74, 6) is -1.03. The lowest BCUT2D eigenvalue weighted by molar-refractivity contribution is -0.141. The van der Waals surface area contributed by atoms with E-state index >= 15 is 0 Å². The van der Waals surface area contributed by atoms with Crippen LogP contribution in [-0.4, -0.2) is 30.1 Å². The molecule has 0 bridgehead atoms. The molecule has 118 valence electrons. The Morgan fingerprint density at radius 1 is 1.25 bits per heavy atom. The van der Waals surface area contributed by atoms with Gasteiger partial charge in [-0.25, -0.2) is 0 Å². The average molecular weight is 286 g/mol. The molecular formula is C15H30N2O3. The molecule has 0 heterocycles. The van der Waals surface area contributed by atoms with Crippen LogP contribution < -0.4 is 11.1 Å². The molecule has 0 aromatic heterocycles. The molecule has 0 aliphatic rings. The second kappa shape index (κ2) is 8.95. The molecule has 5 nitrogen and oxygen atoms in total. The SMILES string of the molecule is CCC(CNC(=O)CCC(CCN)C(C)(C)C)C(=O)O. The Balaban J connectivity index is 4.17. The third-order valence-corrected chi connectivity index (χ3v) is 3.85. The third kappa shape index (κ3) is 7.48. The highest BCUT2D eigenvalue weighted by Crippen LogP contribution is 2.31. The minimum Gasteiger partial charge on any atom is -0.481 e. The Hall–Kier alpha value is -1.10. The van der Waals surface area contributed by atoms with Crippen molar-refractivity contribution in [2.45, 2.75) is 53.4 Å². The van der Waals surface area contributed by atoms with Gasteiger partial charge in [0.2, 0.25) is 5.91 Å². The number of carboxylic acid groups (broad SMARTS) is 1. The van der Waals surface area contributed by atoms with Gasteiger partial charge in [0.05, 0.1) is 5.92 Å². The lowest BCUT2D eigenvalue weighted by Crippen LogP contribution is -2.33. The Labute approximate surface area is 122 Å². The normalized spacial score (nSPS) is 14.7. The number of amides is 1. The van der Waals surface area contributed by atoms with Crippen molar-refractivity contribution >= 4 is 11.9 Å². The summed E-state index contributed by atoms with van der Waals surface area (Å²) in [7, 11) is 0. The van der Waals surface area contributed by atoms with Crippen molar-refractivity contribution in [1.82, 2.24) is 5.32 Å². The summed E-state index contributed by atoms with van der Waals surface area (Å²) in [4.78, 5) is 22.6. The standard InChI is InChI=1S/C15H30N2O3/c1-5-11(14(19)20)10-17-13(18)7-6-12(8-9-16)15(2,3)4/h11-12H,5-10,16H2,1-4H3,(H,17,18)(H,19,20). The first-order chi connectivity index (χ1) is 9.22. The van der Waals surface area contributed by atoms with E-state index in [-0.39, 0.29) is 17.9 Å². The molecule has 0 rings (SSSR count). The molecule has 2 atom stereocenters. The van der Waals surface area contributed by atoms with Crippen molar-refractivity contribution in [1.29, 1.82) is 0 Å². The second-order valence-corrected chi connectivity index (χ2v) is 6.43. The Kier molecular flexibility index (Phi) is 8.46. The number of hydrogen-bond donors (Lipinski definition) is 3.